The third kappa shape index (κ3) is 6.75. The Morgan fingerprint density at radius 1 is 1.06 bits per heavy atom. The summed E-state index contributed by atoms with van der Waals surface area (Å²) in [5.74, 6) is 0.762. The molecule has 0 aliphatic carbocycles. The maximum Gasteiger partial charge on any atom is 0.271 e. The van der Waals surface area contributed by atoms with Gasteiger partial charge in [0, 0.05) is 5.56 Å². The molecular weight excluding hydrogens is 539 g/mol. The summed E-state index contributed by atoms with van der Waals surface area (Å²) >= 11 is 15.6. The molecule has 3 aromatic rings. The second-order valence-electron chi connectivity index (χ2n) is 8.60. The minimum absolute atomic E-state index is 0.0251. The van der Waals surface area contributed by atoms with Crippen molar-refractivity contribution in [3.05, 3.63) is 91.4 Å². The third-order valence-corrected chi connectivity index (χ3v) is 6.34. The van der Waals surface area contributed by atoms with Crippen LogP contribution >= 0.6 is 39.1 Å². The molecule has 0 unspecified atom stereocenters. The minimum atomic E-state index is -0.288. The molecule has 1 N–H and O–H groups in total. The molecule has 0 saturated heterocycles. The Kier molecular flexibility index (Phi) is 8.63. The number of methoxy groups -OCH3 is 1. The number of ether oxygens (including phenoxy) is 2. The summed E-state index contributed by atoms with van der Waals surface area (Å²) in [5, 5.41) is 5.03. The van der Waals surface area contributed by atoms with E-state index in [1.54, 1.807) is 37.4 Å². The highest BCUT2D eigenvalue weighted by atomic mass is 79.9. The van der Waals surface area contributed by atoms with Crippen LogP contribution in [0.5, 0.6) is 11.5 Å². The zero-order valence-electron chi connectivity index (χ0n) is 19.3. The molecule has 0 radical (unpaired) electrons. The van der Waals surface area contributed by atoms with Crippen molar-refractivity contribution in [1.29, 1.82) is 0 Å². The summed E-state index contributed by atoms with van der Waals surface area (Å²) in [6, 6.07) is 16.4. The van der Waals surface area contributed by atoms with E-state index in [9.17, 15) is 4.79 Å². The van der Waals surface area contributed by atoms with Crippen LogP contribution in [-0.2, 0) is 12.0 Å². The summed E-state index contributed by atoms with van der Waals surface area (Å²) in [4.78, 5) is 12.4. The van der Waals surface area contributed by atoms with Crippen LogP contribution in [0.3, 0.4) is 0 Å². The topological polar surface area (TPSA) is 59.9 Å². The van der Waals surface area contributed by atoms with E-state index in [1.807, 2.05) is 24.3 Å². The lowest BCUT2D eigenvalue weighted by molar-refractivity contribution is 0.0955. The molecule has 0 aromatic heterocycles. The first-order valence-corrected chi connectivity index (χ1v) is 12.0. The highest BCUT2D eigenvalue weighted by Crippen LogP contribution is 2.37. The van der Waals surface area contributed by atoms with Crippen molar-refractivity contribution in [2.24, 2.45) is 5.10 Å². The molecule has 1 amide bonds. The van der Waals surface area contributed by atoms with Gasteiger partial charge in [0.05, 0.1) is 27.8 Å². The van der Waals surface area contributed by atoms with Gasteiger partial charge in [-0.25, -0.2) is 5.43 Å². The van der Waals surface area contributed by atoms with Crippen molar-refractivity contribution in [3.63, 3.8) is 0 Å². The number of halogens is 3. The Morgan fingerprint density at radius 2 is 1.76 bits per heavy atom. The van der Waals surface area contributed by atoms with Gasteiger partial charge in [-0.05, 0) is 74.4 Å². The van der Waals surface area contributed by atoms with Gasteiger partial charge < -0.3 is 9.47 Å². The molecule has 178 valence electrons. The van der Waals surface area contributed by atoms with Crippen molar-refractivity contribution in [2.75, 3.05) is 7.11 Å². The van der Waals surface area contributed by atoms with E-state index in [4.69, 9.17) is 32.7 Å². The second kappa shape index (κ2) is 11.3. The van der Waals surface area contributed by atoms with Crippen molar-refractivity contribution < 1.29 is 14.3 Å². The molecule has 0 aliphatic rings. The van der Waals surface area contributed by atoms with Crippen LogP contribution in [0.15, 0.2) is 64.2 Å². The lowest BCUT2D eigenvalue weighted by Crippen LogP contribution is -2.18. The van der Waals surface area contributed by atoms with Crippen LogP contribution in [0.2, 0.25) is 10.0 Å². The van der Waals surface area contributed by atoms with Gasteiger partial charge in [0.25, 0.3) is 5.91 Å². The Morgan fingerprint density at radius 3 is 2.38 bits per heavy atom. The van der Waals surface area contributed by atoms with Gasteiger partial charge in [0.15, 0.2) is 11.5 Å². The van der Waals surface area contributed by atoms with Crippen molar-refractivity contribution in [1.82, 2.24) is 5.43 Å². The average molecular weight is 564 g/mol. The van der Waals surface area contributed by atoms with E-state index in [2.05, 4.69) is 47.2 Å². The van der Waals surface area contributed by atoms with Gasteiger partial charge in [-0.3, -0.25) is 4.79 Å². The molecule has 0 atom stereocenters. The average Bonchev–Trinajstić information content (AvgIpc) is 2.79. The highest BCUT2D eigenvalue weighted by molar-refractivity contribution is 9.10. The number of rotatable bonds is 7. The van der Waals surface area contributed by atoms with Crippen molar-refractivity contribution >= 4 is 51.3 Å². The normalized spacial score (nSPS) is 11.5. The molecule has 0 heterocycles. The first kappa shape index (κ1) is 26.1. The first-order valence-electron chi connectivity index (χ1n) is 10.5. The van der Waals surface area contributed by atoms with Gasteiger partial charge in [-0.1, -0.05) is 62.2 Å². The molecule has 0 spiro atoms. The predicted octanol–water partition coefficient (Wildman–Crippen LogP) is 7.40. The molecule has 0 fully saturated rings. The Hall–Kier alpha value is -2.54. The molecule has 0 saturated carbocycles. The maximum absolute atomic E-state index is 12.4. The van der Waals surface area contributed by atoms with Crippen LogP contribution in [0.1, 0.15) is 47.8 Å². The van der Waals surface area contributed by atoms with E-state index < -0.39 is 0 Å². The summed E-state index contributed by atoms with van der Waals surface area (Å²) in [7, 11) is 1.55. The lowest BCUT2D eigenvalue weighted by atomic mass is 9.87. The molecule has 3 rings (SSSR count). The fourth-order valence-electron chi connectivity index (χ4n) is 3.09. The van der Waals surface area contributed by atoms with Gasteiger partial charge >= 0.3 is 0 Å². The summed E-state index contributed by atoms with van der Waals surface area (Å²) in [6.45, 7) is 6.66. The van der Waals surface area contributed by atoms with Gasteiger partial charge in [-0.15, -0.1) is 0 Å². The Labute approximate surface area is 218 Å². The number of benzene rings is 3. The van der Waals surface area contributed by atoms with Crippen LogP contribution in [0.25, 0.3) is 0 Å². The number of carbonyl (C=O) groups is 1. The van der Waals surface area contributed by atoms with E-state index in [0.717, 1.165) is 11.1 Å². The monoisotopic (exact) mass is 562 g/mol. The van der Waals surface area contributed by atoms with Crippen molar-refractivity contribution in [3.8, 4) is 11.5 Å². The quantitative estimate of drug-likeness (QED) is 0.240. The smallest absolute Gasteiger partial charge is 0.271 e. The van der Waals surface area contributed by atoms with E-state index in [-0.39, 0.29) is 17.9 Å². The first-order chi connectivity index (χ1) is 16.1. The van der Waals surface area contributed by atoms with Crippen LogP contribution in [-0.4, -0.2) is 19.2 Å². The van der Waals surface area contributed by atoms with Crippen LogP contribution in [0.4, 0.5) is 0 Å². The maximum atomic E-state index is 12.4. The number of hydrazone groups is 1. The molecule has 0 aliphatic heterocycles. The number of carbonyl (C=O) groups excluding carboxylic acids is 1. The summed E-state index contributed by atoms with van der Waals surface area (Å²) < 4.78 is 12.1. The van der Waals surface area contributed by atoms with E-state index in [1.165, 1.54) is 6.21 Å². The van der Waals surface area contributed by atoms with Crippen molar-refractivity contribution in [2.45, 2.75) is 32.8 Å². The van der Waals surface area contributed by atoms with Crippen LogP contribution < -0.4 is 14.9 Å². The minimum Gasteiger partial charge on any atom is -0.493 e. The molecular formula is C26H25BrCl2N2O3. The highest BCUT2D eigenvalue weighted by Gasteiger charge is 2.15. The molecule has 3 aromatic carbocycles. The molecule has 0 bridgehead atoms. The number of nitrogens with zero attached hydrogens (tertiary/aromatic N) is 1. The van der Waals surface area contributed by atoms with E-state index >= 15 is 0 Å². The summed E-state index contributed by atoms with van der Waals surface area (Å²) in [5.41, 5.74) is 5.86. The number of hydrogen-bond acceptors (Lipinski definition) is 4. The largest absolute Gasteiger partial charge is 0.493 e. The van der Waals surface area contributed by atoms with Gasteiger partial charge in [0.1, 0.15) is 6.61 Å². The van der Waals surface area contributed by atoms with Crippen LogP contribution in [0, 0.1) is 0 Å². The zero-order valence-corrected chi connectivity index (χ0v) is 22.4. The standard InChI is InChI=1S/C26H25BrCl2N2O3/c1-26(2,3)19-8-6-18(7-9-19)25(32)31-30-14-17-11-20(27)24(23(13-17)33-4)34-15-16-5-10-21(28)22(29)12-16/h5-14H,15H2,1-4H3,(H,31,32)/b30-14-. The number of amides is 1. The Balaban J connectivity index is 1.67. The fourth-order valence-corrected chi connectivity index (χ4v) is 3.99. The van der Waals surface area contributed by atoms with Gasteiger partial charge in [-0.2, -0.15) is 5.10 Å². The number of hydrogen-bond donors (Lipinski definition) is 1. The SMILES string of the molecule is COc1cc(/C=N\NC(=O)c2ccc(C(C)(C)C)cc2)cc(Br)c1OCc1ccc(Cl)c(Cl)c1. The second-order valence-corrected chi connectivity index (χ2v) is 10.3. The molecule has 8 heteroatoms. The van der Waals surface area contributed by atoms with Gasteiger partial charge in [0.2, 0.25) is 0 Å². The molecule has 34 heavy (non-hydrogen) atoms. The fraction of sp³-hybridized carbons (Fsp3) is 0.231. The lowest BCUT2D eigenvalue weighted by Gasteiger charge is -2.18. The summed E-state index contributed by atoms with van der Waals surface area (Å²) in [6.07, 6.45) is 1.54. The Bertz CT molecular complexity index is 1210. The molecule has 5 nitrogen and oxygen atoms in total. The zero-order chi connectivity index (χ0) is 24.9. The predicted molar refractivity (Wildman–Crippen MR) is 142 cm³/mol. The third-order valence-electron chi connectivity index (χ3n) is 5.01. The van der Waals surface area contributed by atoms with E-state index in [0.29, 0.717) is 37.1 Å². The number of nitrogens with one attached hydrogen (secondary N) is 1.